The molecule has 0 aliphatic rings. The molecule has 0 aliphatic carbocycles. The van der Waals surface area contributed by atoms with Crippen molar-refractivity contribution in [2.75, 3.05) is 46.9 Å². The minimum Gasteiger partial charge on any atom is -0.493 e. The summed E-state index contributed by atoms with van der Waals surface area (Å²) >= 11 is 0. The third kappa shape index (κ3) is 5.85. The van der Waals surface area contributed by atoms with Gasteiger partial charge in [-0.1, -0.05) is 0 Å². The lowest BCUT2D eigenvalue weighted by Crippen LogP contribution is -2.30. The Kier molecular flexibility index (Phi) is 8.93. The molecule has 164 valence electrons. The lowest BCUT2D eigenvalue weighted by molar-refractivity contribution is 0.311. The van der Waals surface area contributed by atoms with Crippen LogP contribution in [0.4, 0.5) is 5.69 Å². The molecule has 0 saturated carbocycles. The van der Waals surface area contributed by atoms with Gasteiger partial charge in [0.2, 0.25) is 5.75 Å². The maximum atomic E-state index is 5.65. The Morgan fingerprint density at radius 3 is 2.03 bits per heavy atom. The summed E-state index contributed by atoms with van der Waals surface area (Å²) in [7, 11) is 6.38. The van der Waals surface area contributed by atoms with Crippen LogP contribution in [0.5, 0.6) is 28.7 Å². The van der Waals surface area contributed by atoms with Gasteiger partial charge in [-0.2, -0.15) is 0 Å². The third-order valence-corrected chi connectivity index (χ3v) is 4.21. The number of nitrogens with one attached hydrogen (secondary N) is 2. The van der Waals surface area contributed by atoms with Gasteiger partial charge in [0.05, 0.1) is 41.6 Å². The number of hydrogen-bond donors (Lipinski definition) is 2. The molecule has 0 aliphatic heterocycles. The molecule has 0 amide bonds. The van der Waals surface area contributed by atoms with Crippen molar-refractivity contribution in [2.45, 2.75) is 20.4 Å². The van der Waals surface area contributed by atoms with E-state index < -0.39 is 0 Å². The van der Waals surface area contributed by atoms with Crippen molar-refractivity contribution in [1.82, 2.24) is 5.32 Å². The second-order valence-electron chi connectivity index (χ2n) is 6.15. The van der Waals surface area contributed by atoms with Gasteiger partial charge in [-0.3, -0.25) is 0 Å². The molecule has 2 rings (SSSR count). The molecule has 2 aromatic rings. The molecule has 2 aromatic carbocycles. The second kappa shape index (κ2) is 11.6. The quantitative estimate of drug-likeness (QED) is 0.451. The summed E-state index contributed by atoms with van der Waals surface area (Å²) in [5.74, 6) is 3.73. The van der Waals surface area contributed by atoms with Crippen molar-refractivity contribution in [3.8, 4) is 28.7 Å². The van der Waals surface area contributed by atoms with E-state index >= 15 is 0 Å². The van der Waals surface area contributed by atoms with Gasteiger partial charge in [-0.15, -0.1) is 0 Å². The lowest BCUT2D eigenvalue weighted by Gasteiger charge is -2.15. The summed E-state index contributed by atoms with van der Waals surface area (Å²) in [5.41, 5.74) is 1.76. The van der Waals surface area contributed by atoms with Gasteiger partial charge in [0, 0.05) is 18.3 Å². The van der Waals surface area contributed by atoms with Crippen LogP contribution in [0, 0.1) is 0 Å². The predicted molar refractivity (Wildman–Crippen MR) is 119 cm³/mol. The average Bonchev–Trinajstić information content (AvgIpc) is 2.77. The van der Waals surface area contributed by atoms with E-state index in [-0.39, 0.29) is 0 Å². The Labute approximate surface area is 178 Å². The number of benzene rings is 2. The van der Waals surface area contributed by atoms with Gasteiger partial charge in [0.15, 0.2) is 29.0 Å². The van der Waals surface area contributed by atoms with Crippen LogP contribution in [-0.2, 0) is 6.54 Å². The molecular weight excluding hydrogens is 386 g/mol. The minimum absolute atomic E-state index is 0.417. The minimum atomic E-state index is 0.417. The second-order valence-corrected chi connectivity index (χ2v) is 6.15. The Balaban J connectivity index is 2.25. The fourth-order valence-electron chi connectivity index (χ4n) is 2.86. The Hall–Kier alpha value is -3.29. The zero-order valence-electron chi connectivity index (χ0n) is 18.5. The number of anilines is 1. The average molecular weight is 418 g/mol. The highest BCUT2D eigenvalue weighted by Crippen LogP contribution is 2.38. The number of aliphatic imine (C=N–C) groups is 1. The fourth-order valence-corrected chi connectivity index (χ4v) is 2.86. The van der Waals surface area contributed by atoms with Crippen LogP contribution in [0.1, 0.15) is 19.4 Å². The lowest BCUT2D eigenvalue weighted by atomic mass is 10.2. The number of methoxy groups -OCH3 is 4. The first-order chi connectivity index (χ1) is 14.6. The SMILES string of the molecule is CCNC(=NCc1cc(OC)c(OC)c(OC)c1)Nc1ccc(OC)c(OCC)c1. The zero-order chi connectivity index (χ0) is 21.9. The van der Waals surface area contributed by atoms with E-state index in [0.29, 0.717) is 47.9 Å². The van der Waals surface area contributed by atoms with Gasteiger partial charge in [-0.25, -0.2) is 4.99 Å². The number of ether oxygens (including phenoxy) is 5. The van der Waals surface area contributed by atoms with Crippen LogP contribution >= 0.6 is 0 Å². The van der Waals surface area contributed by atoms with Gasteiger partial charge in [0.25, 0.3) is 0 Å². The number of hydrogen-bond acceptors (Lipinski definition) is 6. The maximum absolute atomic E-state index is 5.65. The Morgan fingerprint density at radius 2 is 1.50 bits per heavy atom. The highest BCUT2D eigenvalue weighted by atomic mass is 16.5. The first-order valence-corrected chi connectivity index (χ1v) is 9.75. The molecule has 0 bridgehead atoms. The zero-order valence-corrected chi connectivity index (χ0v) is 18.5. The van der Waals surface area contributed by atoms with Gasteiger partial charge < -0.3 is 34.3 Å². The van der Waals surface area contributed by atoms with Crippen LogP contribution in [0.3, 0.4) is 0 Å². The molecule has 0 atom stereocenters. The van der Waals surface area contributed by atoms with Gasteiger partial charge in [-0.05, 0) is 43.7 Å². The summed E-state index contributed by atoms with van der Waals surface area (Å²) in [6, 6.07) is 9.42. The number of rotatable bonds is 10. The number of nitrogens with zero attached hydrogens (tertiary/aromatic N) is 1. The van der Waals surface area contributed by atoms with Crippen molar-refractivity contribution in [2.24, 2.45) is 4.99 Å². The van der Waals surface area contributed by atoms with E-state index in [0.717, 1.165) is 17.8 Å². The molecule has 0 saturated heterocycles. The molecule has 2 N–H and O–H groups in total. The molecular formula is C22H31N3O5. The largest absolute Gasteiger partial charge is 0.493 e. The summed E-state index contributed by atoms with van der Waals surface area (Å²) in [5, 5.41) is 6.54. The molecule has 0 unspecified atom stereocenters. The van der Waals surface area contributed by atoms with Crippen LogP contribution < -0.4 is 34.3 Å². The Morgan fingerprint density at radius 1 is 0.833 bits per heavy atom. The van der Waals surface area contributed by atoms with E-state index in [1.165, 1.54) is 0 Å². The van der Waals surface area contributed by atoms with Crippen molar-refractivity contribution >= 4 is 11.6 Å². The van der Waals surface area contributed by atoms with Crippen LogP contribution in [0.15, 0.2) is 35.3 Å². The molecule has 8 heteroatoms. The highest BCUT2D eigenvalue weighted by molar-refractivity contribution is 5.93. The predicted octanol–water partition coefficient (Wildman–Crippen LogP) is 3.70. The monoisotopic (exact) mass is 417 g/mol. The number of guanidine groups is 1. The summed E-state index contributed by atoms with van der Waals surface area (Å²) in [6.45, 7) is 5.63. The molecule has 0 radical (unpaired) electrons. The van der Waals surface area contributed by atoms with Crippen LogP contribution in [0.25, 0.3) is 0 Å². The Bertz CT molecular complexity index is 830. The summed E-state index contributed by atoms with van der Waals surface area (Å²) in [4.78, 5) is 4.67. The molecule has 0 spiro atoms. The van der Waals surface area contributed by atoms with Gasteiger partial charge in [0.1, 0.15) is 0 Å². The van der Waals surface area contributed by atoms with Crippen molar-refractivity contribution in [1.29, 1.82) is 0 Å². The van der Waals surface area contributed by atoms with E-state index in [9.17, 15) is 0 Å². The van der Waals surface area contributed by atoms with Crippen molar-refractivity contribution < 1.29 is 23.7 Å². The third-order valence-electron chi connectivity index (χ3n) is 4.21. The topological polar surface area (TPSA) is 82.6 Å². The first kappa shape index (κ1) is 23.0. The highest BCUT2D eigenvalue weighted by Gasteiger charge is 2.13. The van der Waals surface area contributed by atoms with Crippen LogP contribution in [0.2, 0.25) is 0 Å². The first-order valence-electron chi connectivity index (χ1n) is 9.75. The van der Waals surface area contributed by atoms with E-state index in [1.807, 2.05) is 44.2 Å². The van der Waals surface area contributed by atoms with Crippen molar-refractivity contribution in [3.63, 3.8) is 0 Å². The molecule has 8 nitrogen and oxygen atoms in total. The van der Waals surface area contributed by atoms with Gasteiger partial charge >= 0.3 is 0 Å². The standard InChI is InChI=1S/C22H31N3O5/c1-7-23-22(25-16-9-10-17(26-3)18(13-16)30-8-2)24-14-15-11-19(27-4)21(29-6)20(12-15)28-5/h9-13H,7-8,14H2,1-6H3,(H2,23,24,25). The normalized spacial score (nSPS) is 10.9. The molecule has 0 aromatic heterocycles. The van der Waals surface area contributed by atoms with Crippen molar-refractivity contribution in [3.05, 3.63) is 35.9 Å². The molecule has 0 heterocycles. The molecule has 0 fully saturated rings. The van der Waals surface area contributed by atoms with E-state index in [2.05, 4.69) is 15.6 Å². The van der Waals surface area contributed by atoms with E-state index in [1.54, 1.807) is 28.4 Å². The summed E-state index contributed by atoms with van der Waals surface area (Å²) < 4.78 is 27.2. The summed E-state index contributed by atoms with van der Waals surface area (Å²) in [6.07, 6.45) is 0. The maximum Gasteiger partial charge on any atom is 0.203 e. The van der Waals surface area contributed by atoms with Crippen LogP contribution in [-0.4, -0.2) is 47.6 Å². The molecule has 30 heavy (non-hydrogen) atoms. The smallest absolute Gasteiger partial charge is 0.203 e. The fraction of sp³-hybridized carbons (Fsp3) is 0.409. The van der Waals surface area contributed by atoms with E-state index in [4.69, 9.17) is 23.7 Å².